The minimum Gasteiger partial charge on any atom is -0.321 e. The molecule has 1 aromatic carbocycles. The molecule has 3 heteroatoms. The van der Waals surface area contributed by atoms with Crippen molar-refractivity contribution in [1.29, 1.82) is 0 Å². The van der Waals surface area contributed by atoms with Gasteiger partial charge < -0.3 is 10.6 Å². The number of hydrogen-bond acceptors (Lipinski definition) is 2. The van der Waals surface area contributed by atoms with Gasteiger partial charge in [-0.1, -0.05) is 28.1 Å². The third kappa shape index (κ3) is 2.61. The van der Waals surface area contributed by atoms with Crippen LogP contribution in [0.4, 0.5) is 0 Å². The maximum atomic E-state index is 6.41. The molecule has 0 radical (unpaired) electrons. The molecule has 1 saturated carbocycles. The van der Waals surface area contributed by atoms with E-state index in [1.807, 2.05) is 0 Å². The first kappa shape index (κ1) is 13.6. The Morgan fingerprint density at radius 3 is 2.47 bits per heavy atom. The highest BCUT2D eigenvalue weighted by molar-refractivity contribution is 9.10. The molecule has 3 rings (SSSR count). The molecule has 2 aliphatic rings. The van der Waals surface area contributed by atoms with E-state index in [0.29, 0.717) is 5.92 Å². The van der Waals surface area contributed by atoms with E-state index in [4.69, 9.17) is 5.73 Å². The van der Waals surface area contributed by atoms with Gasteiger partial charge >= 0.3 is 0 Å². The number of halogens is 1. The van der Waals surface area contributed by atoms with E-state index < -0.39 is 0 Å². The highest BCUT2D eigenvalue weighted by Gasteiger charge is 2.34. The molecule has 0 atom stereocenters. The molecular formula is C16H23BrN2. The lowest BCUT2D eigenvalue weighted by Crippen LogP contribution is -2.43. The largest absolute Gasteiger partial charge is 0.321 e. The van der Waals surface area contributed by atoms with Crippen molar-refractivity contribution in [2.75, 3.05) is 20.1 Å². The topological polar surface area (TPSA) is 29.3 Å². The molecule has 0 amide bonds. The van der Waals surface area contributed by atoms with Crippen LogP contribution in [0, 0.1) is 0 Å². The summed E-state index contributed by atoms with van der Waals surface area (Å²) in [5, 5.41) is 0. The lowest BCUT2D eigenvalue weighted by Gasteiger charge is -2.39. The Hall–Kier alpha value is -0.380. The first-order valence-electron chi connectivity index (χ1n) is 7.36. The van der Waals surface area contributed by atoms with E-state index in [1.165, 1.54) is 48.0 Å². The molecule has 2 nitrogen and oxygen atoms in total. The Kier molecular flexibility index (Phi) is 3.71. The van der Waals surface area contributed by atoms with Gasteiger partial charge in [0.2, 0.25) is 0 Å². The minimum absolute atomic E-state index is 0.0478. The molecule has 2 N–H and O–H groups in total. The van der Waals surface area contributed by atoms with Crippen molar-refractivity contribution >= 4 is 15.9 Å². The average molecular weight is 323 g/mol. The molecule has 0 aromatic heterocycles. The Morgan fingerprint density at radius 2 is 1.95 bits per heavy atom. The summed E-state index contributed by atoms with van der Waals surface area (Å²) in [4.78, 5) is 2.42. The predicted molar refractivity (Wildman–Crippen MR) is 83.3 cm³/mol. The van der Waals surface area contributed by atoms with Crippen LogP contribution in [0.15, 0.2) is 22.7 Å². The van der Waals surface area contributed by atoms with Crippen molar-refractivity contribution in [3.8, 4) is 0 Å². The minimum atomic E-state index is -0.0478. The van der Waals surface area contributed by atoms with Crippen molar-refractivity contribution in [2.45, 2.75) is 43.6 Å². The molecule has 1 heterocycles. The SMILES string of the molecule is CN1CCC(c2ccc(C3(N)CCC3)cc2Br)CC1. The molecule has 1 aromatic rings. The van der Waals surface area contributed by atoms with E-state index >= 15 is 0 Å². The summed E-state index contributed by atoms with van der Waals surface area (Å²) >= 11 is 3.77. The monoisotopic (exact) mass is 322 g/mol. The zero-order chi connectivity index (χ0) is 13.5. The van der Waals surface area contributed by atoms with Crippen molar-refractivity contribution in [3.63, 3.8) is 0 Å². The van der Waals surface area contributed by atoms with E-state index in [0.717, 1.165) is 12.8 Å². The van der Waals surface area contributed by atoms with Gasteiger partial charge in [0.25, 0.3) is 0 Å². The first-order valence-corrected chi connectivity index (χ1v) is 8.15. The fourth-order valence-electron chi connectivity index (χ4n) is 3.33. The van der Waals surface area contributed by atoms with Crippen LogP contribution in [-0.2, 0) is 5.54 Å². The molecule has 2 fully saturated rings. The van der Waals surface area contributed by atoms with Crippen molar-refractivity contribution in [1.82, 2.24) is 4.90 Å². The van der Waals surface area contributed by atoms with Gasteiger partial charge in [-0.3, -0.25) is 0 Å². The van der Waals surface area contributed by atoms with Gasteiger partial charge in [-0.05, 0) is 75.4 Å². The van der Waals surface area contributed by atoms with Crippen molar-refractivity contribution in [2.24, 2.45) is 5.73 Å². The van der Waals surface area contributed by atoms with Gasteiger partial charge in [0, 0.05) is 10.0 Å². The number of piperidine rings is 1. The number of hydrogen-bond donors (Lipinski definition) is 1. The van der Waals surface area contributed by atoms with E-state index in [2.05, 4.69) is 46.1 Å². The Balaban J connectivity index is 1.80. The third-order valence-electron chi connectivity index (χ3n) is 4.98. The second-order valence-corrected chi connectivity index (χ2v) is 7.18. The number of benzene rings is 1. The Bertz CT molecular complexity index is 460. The second-order valence-electron chi connectivity index (χ2n) is 6.32. The Labute approximate surface area is 124 Å². The van der Waals surface area contributed by atoms with Crippen LogP contribution in [0.1, 0.15) is 49.1 Å². The van der Waals surface area contributed by atoms with Crippen LogP contribution in [-0.4, -0.2) is 25.0 Å². The molecule has 104 valence electrons. The van der Waals surface area contributed by atoms with Crippen LogP contribution in [0.25, 0.3) is 0 Å². The third-order valence-corrected chi connectivity index (χ3v) is 5.67. The van der Waals surface area contributed by atoms with Gasteiger partial charge in [0.15, 0.2) is 0 Å². The van der Waals surface area contributed by atoms with Crippen LogP contribution in [0.2, 0.25) is 0 Å². The number of rotatable bonds is 2. The summed E-state index contributed by atoms with van der Waals surface area (Å²) in [6.07, 6.45) is 6.06. The molecule has 0 bridgehead atoms. The van der Waals surface area contributed by atoms with Gasteiger partial charge in [-0.15, -0.1) is 0 Å². The lowest BCUT2D eigenvalue weighted by atomic mass is 9.72. The Morgan fingerprint density at radius 1 is 1.26 bits per heavy atom. The molecule has 1 saturated heterocycles. The van der Waals surface area contributed by atoms with Crippen molar-refractivity contribution < 1.29 is 0 Å². The summed E-state index contributed by atoms with van der Waals surface area (Å²) in [5.74, 6) is 0.703. The normalized spacial score (nSPS) is 24.2. The number of nitrogens with zero attached hydrogens (tertiary/aromatic N) is 1. The summed E-state index contributed by atoms with van der Waals surface area (Å²) < 4.78 is 1.26. The maximum absolute atomic E-state index is 6.41. The zero-order valence-electron chi connectivity index (χ0n) is 11.7. The standard InChI is InChI=1S/C16H23BrN2/c1-19-9-5-12(6-10-19)14-4-3-13(11-15(14)17)16(18)7-2-8-16/h3-4,11-12H,2,5-10,18H2,1H3. The molecule has 0 spiro atoms. The predicted octanol–water partition coefficient (Wildman–Crippen LogP) is 3.60. The first-order chi connectivity index (χ1) is 9.08. The molecular weight excluding hydrogens is 300 g/mol. The van der Waals surface area contributed by atoms with Gasteiger partial charge in [0.1, 0.15) is 0 Å². The van der Waals surface area contributed by atoms with Crippen LogP contribution in [0.5, 0.6) is 0 Å². The number of likely N-dealkylation sites (tertiary alicyclic amines) is 1. The van der Waals surface area contributed by atoms with Crippen molar-refractivity contribution in [3.05, 3.63) is 33.8 Å². The highest BCUT2D eigenvalue weighted by atomic mass is 79.9. The second kappa shape index (κ2) is 5.19. The van der Waals surface area contributed by atoms with Crippen LogP contribution < -0.4 is 5.73 Å². The summed E-state index contributed by atoms with van der Waals surface area (Å²) in [7, 11) is 2.21. The molecule has 1 aliphatic heterocycles. The quantitative estimate of drug-likeness (QED) is 0.901. The van der Waals surface area contributed by atoms with E-state index in [9.17, 15) is 0 Å². The van der Waals surface area contributed by atoms with Crippen LogP contribution in [0.3, 0.4) is 0 Å². The smallest absolute Gasteiger partial charge is 0.0410 e. The molecule has 19 heavy (non-hydrogen) atoms. The summed E-state index contributed by atoms with van der Waals surface area (Å²) in [6, 6.07) is 6.84. The average Bonchev–Trinajstić information content (AvgIpc) is 2.37. The van der Waals surface area contributed by atoms with Gasteiger partial charge in [0.05, 0.1) is 0 Å². The van der Waals surface area contributed by atoms with Crippen LogP contribution >= 0.6 is 15.9 Å². The fourth-order valence-corrected chi connectivity index (χ4v) is 4.04. The zero-order valence-corrected chi connectivity index (χ0v) is 13.2. The lowest BCUT2D eigenvalue weighted by molar-refractivity contribution is 0.251. The maximum Gasteiger partial charge on any atom is 0.0410 e. The highest BCUT2D eigenvalue weighted by Crippen LogP contribution is 2.41. The number of nitrogens with two attached hydrogens (primary N) is 1. The van der Waals surface area contributed by atoms with Gasteiger partial charge in [-0.2, -0.15) is 0 Å². The van der Waals surface area contributed by atoms with E-state index in [1.54, 1.807) is 0 Å². The van der Waals surface area contributed by atoms with E-state index in [-0.39, 0.29) is 5.54 Å². The molecule has 0 unspecified atom stereocenters. The fraction of sp³-hybridized carbons (Fsp3) is 0.625. The summed E-state index contributed by atoms with van der Waals surface area (Å²) in [5.41, 5.74) is 9.14. The van der Waals surface area contributed by atoms with Gasteiger partial charge in [-0.25, -0.2) is 0 Å². The molecule has 1 aliphatic carbocycles. The summed E-state index contributed by atoms with van der Waals surface area (Å²) in [6.45, 7) is 2.42.